The van der Waals surface area contributed by atoms with Gasteiger partial charge in [-0.3, -0.25) is 4.79 Å². The molecule has 0 radical (unpaired) electrons. The summed E-state index contributed by atoms with van der Waals surface area (Å²) in [5.74, 6) is -2.41. The van der Waals surface area contributed by atoms with Gasteiger partial charge < -0.3 is 5.32 Å². The summed E-state index contributed by atoms with van der Waals surface area (Å²) >= 11 is 1.03. The van der Waals surface area contributed by atoms with Crippen molar-refractivity contribution in [3.63, 3.8) is 0 Å². The number of primary sulfonamides is 1. The van der Waals surface area contributed by atoms with Crippen LogP contribution in [-0.4, -0.2) is 20.1 Å². The molecule has 9 heteroatoms. The van der Waals surface area contributed by atoms with Crippen LogP contribution in [0.25, 0.3) is 0 Å². The van der Waals surface area contributed by atoms with Crippen LogP contribution in [0.1, 0.15) is 11.1 Å². The molecule has 0 saturated carbocycles. The summed E-state index contributed by atoms with van der Waals surface area (Å²) in [6.45, 7) is 3.44. The van der Waals surface area contributed by atoms with Crippen LogP contribution in [0.15, 0.2) is 40.1 Å². The zero-order valence-electron chi connectivity index (χ0n) is 13.5. The van der Waals surface area contributed by atoms with Gasteiger partial charge in [-0.25, -0.2) is 22.3 Å². The summed E-state index contributed by atoms with van der Waals surface area (Å²) in [7, 11) is -3.90. The topological polar surface area (TPSA) is 89.3 Å². The Morgan fingerprint density at radius 3 is 2.44 bits per heavy atom. The summed E-state index contributed by atoms with van der Waals surface area (Å²) in [6, 6.07) is 6.07. The van der Waals surface area contributed by atoms with Crippen LogP contribution in [0.3, 0.4) is 0 Å². The van der Waals surface area contributed by atoms with Gasteiger partial charge >= 0.3 is 0 Å². The van der Waals surface area contributed by atoms with Crippen molar-refractivity contribution >= 4 is 33.4 Å². The lowest BCUT2D eigenvalue weighted by atomic mass is 10.1. The second-order valence-electron chi connectivity index (χ2n) is 5.37. The first-order chi connectivity index (χ1) is 11.6. The number of rotatable bonds is 5. The van der Waals surface area contributed by atoms with Crippen LogP contribution < -0.4 is 10.5 Å². The summed E-state index contributed by atoms with van der Waals surface area (Å²) in [5, 5.41) is 7.74. The number of amides is 1. The lowest BCUT2D eigenvalue weighted by Gasteiger charge is -2.12. The van der Waals surface area contributed by atoms with E-state index in [9.17, 15) is 22.0 Å². The molecule has 0 bridgehead atoms. The van der Waals surface area contributed by atoms with Gasteiger partial charge in [0, 0.05) is 10.6 Å². The number of benzene rings is 2. The standard InChI is InChI=1S/C16H16F2N2O3S2/c1-9-5-12(25(19,22)23)7-15(10(9)2)20-16(21)8-24-11-3-4-13(17)14(18)6-11/h3-7H,8H2,1-2H3,(H,20,21)(H2,19,22,23). The lowest BCUT2D eigenvalue weighted by molar-refractivity contribution is -0.113. The number of sulfonamides is 1. The van der Waals surface area contributed by atoms with E-state index in [1.165, 1.54) is 18.2 Å². The molecule has 0 aliphatic carbocycles. The fourth-order valence-electron chi connectivity index (χ4n) is 2.02. The van der Waals surface area contributed by atoms with E-state index in [4.69, 9.17) is 5.14 Å². The maximum Gasteiger partial charge on any atom is 0.238 e. The van der Waals surface area contributed by atoms with E-state index in [0.29, 0.717) is 21.7 Å². The SMILES string of the molecule is Cc1cc(S(N)(=O)=O)cc(NC(=O)CSc2ccc(F)c(F)c2)c1C. The average Bonchev–Trinajstić information content (AvgIpc) is 2.51. The molecule has 0 atom stereocenters. The van der Waals surface area contributed by atoms with E-state index in [1.807, 2.05) is 0 Å². The van der Waals surface area contributed by atoms with Gasteiger partial charge in [0.2, 0.25) is 15.9 Å². The van der Waals surface area contributed by atoms with E-state index >= 15 is 0 Å². The number of aryl methyl sites for hydroxylation is 1. The number of halogens is 2. The monoisotopic (exact) mass is 386 g/mol. The van der Waals surface area contributed by atoms with Crippen molar-refractivity contribution in [2.45, 2.75) is 23.6 Å². The molecule has 0 spiro atoms. The molecular weight excluding hydrogens is 370 g/mol. The molecule has 2 rings (SSSR count). The molecule has 2 aromatic carbocycles. The molecule has 2 aromatic rings. The Bertz CT molecular complexity index is 931. The Balaban J connectivity index is 2.12. The molecule has 0 fully saturated rings. The third-order valence-corrected chi connectivity index (χ3v) is 5.39. The van der Waals surface area contributed by atoms with Crippen LogP contribution in [0, 0.1) is 25.5 Å². The van der Waals surface area contributed by atoms with Gasteiger partial charge in [-0.15, -0.1) is 11.8 Å². The fraction of sp³-hybridized carbons (Fsp3) is 0.188. The quantitative estimate of drug-likeness (QED) is 0.773. The minimum absolute atomic E-state index is 0.0524. The Labute approximate surface area is 148 Å². The smallest absolute Gasteiger partial charge is 0.238 e. The molecule has 3 N–H and O–H groups in total. The molecule has 0 unspecified atom stereocenters. The second-order valence-corrected chi connectivity index (χ2v) is 7.98. The van der Waals surface area contributed by atoms with Gasteiger partial charge in [-0.1, -0.05) is 0 Å². The number of thioether (sulfide) groups is 1. The summed E-state index contributed by atoms with van der Waals surface area (Å²) in [5.41, 5.74) is 1.70. The predicted molar refractivity (Wildman–Crippen MR) is 93.0 cm³/mol. The van der Waals surface area contributed by atoms with Gasteiger partial charge in [0.15, 0.2) is 11.6 Å². The first kappa shape index (κ1) is 19.4. The molecule has 0 saturated heterocycles. The number of anilines is 1. The number of hydrogen-bond donors (Lipinski definition) is 2. The first-order valence-corrected chi connectivity index (χ1v) is 9.63. The van der Waals surface area contributed by atoms with Crippen molar-refractivity contribution < 1.29 is 22.0 Å². The maximum absolute atomic E-state index is 13.1. The van der Waals surface area contributed by atoms with E-state index < -0.39 is 27.6 Å². The summed E-state index contributed by atoms with van der Waals surface area (Å²) in [6.07, 6.45) is 0. The van der Waals surface area contributed by atoms with E-state index in [-0.39, 0.29) is 10.6 Å². The second kappa shape index (κ2) is 7.51. The van der Waals surface area contributed by atoms with Gasteiger partial charge in [-0.2, -0.15) is 0 Å². The number of nitrogens with one attached hydrogen (secondary N) is 1. The van der Waals surface area contributed by atoms with E-state index in [2.05, 4.69) is 5.32 Å². The summed E-state index contributed by atoms with van der Waals surface area (Å²) in [4.78, 5) is 12.4. The highest BCUT2D eigenvalue weighted by molar-refractivity contribution is 8.00. The normalized spacial score (nSPS) is 11.4. The van der Waals surface area contributed by atoms with Gasteiger partial charge in [0.05, 0.1) is 10.6 Å². The molecule has 25 heavy (non-hydrogen) atoms. The largest absolute Gasteiger partial charge is 0.325 e. The van der Waals surface area contributed by atoms with Gasteiger partial charge in [0.1, 0.15) is 0 Å². The van der Waals surface area contributed by atoms with Crippen molar-refractivity contribution in [3.8, 4) is 0 Å². The Kier molecular flexibility index (Phi) is 5.81. The van der Waals surface area contributed by atoms with Crippen molar-refractivity contribution in [3.05, 3.63) is 53.1 Å². The van der Waals surface area contributed by atoms with Crippen molar-refractivity contribution in [2.75, 3.05) is 11.1 Å². The molecule has 0 heterocycles. The first-order valence-electron chi connectivity index (χ1n) is 7.09. The number of carbonyl (C=O) groups excluding carboxylic acids is 1. The third kappa shape index (κ3) is 5.00. The Morgan fingerprint density at radius 2 is 1.84 bits per heavy atom. The third-order valence-electron chi connectivity index (χ3n) is 3.50. The van der Waals surface area contributed by atoms with Crippen LogP contribution in [-0.2, 0) is 14.8 Å². The van der Waals surface area contributed by atoms with Crippen molar-refractivity contribution in [1.29, 1.82) is 0 Å². The molecule has 0 aromatic heterocycles. The van der Waals surface area contributed by atoms with Gasteiger partial charge in [0.25, 0.3) is 0 Å². The van der Waals surface area contributed by atoms with Crippen molar-refractivity contribution in [1.82, 2.24) is 0 Å². The lowest BCUT2D eigenvalue weighted by Crippen LogP contribution is -2.17. The maximum atomic E-state index is 13.1. The fourth-order valence-corrected chi connectivity index (χ4v) is 3.37. The highest BCUT2D eigenvalue weighted by Gasteiger charge is 2.14. The minimum Gasteiger partial charge on any atom is -0.325 e. The number of hydrogen-bond acceptors (Lipinski definition) is 4. The average molecular weight is 386 g/mol. The zero-order valence-corrected chi connectivity index (χ0v) is 15.1. The van der Waals surface area contributed by atoms with E-state index in [0.717, 1.165) is 23.9 Å². The van der Waals surface area contributed by atoms with Crippen LogP contribution >= 0.6 is 11.8 Å². The number of carbonyl (C=O) groups is 1. The number of nitrogens with two attached hydrogens (primary N) is 1. The molecule has 1 amide bonds. The van der Waals surface area contributed by atoms with Crippen LogP contribution in [0.4, 0.5) is 14.5 Å². The molecule has 0 aliphatic rings. The van der Waals surface area contributed by atoms with Gasteiger partial charge in [-0.05, 0) is 55.3 Å². The zero-order chi connectivity index (χ0) is 18.8. The molecule has 5 nitrogen and oxygen atoms in total. The highest BCUT2D eigenvalue weighted by Crippen LogP contribution is 2.25. The van der Waals surface area contributed by atoms with Crippen LogP contribution in [0.2, 0.25) is 0 Å². The molecule has 134 valence electrons. The Hall–Kier alpha value is -1.97. The van der Waals surface area contributed by atoms with Crippen molar-refractivity contribution in [2.24, 2.45) is 5.14 Å². The highest BCUT2D eigenvalue weighted by atomic mass is 32.2. The Morgan fingerprint density at radius 1 is 1.16 bits per heavy atom. The predicted octanol–water partition coefficient (Wildman–Crippen LogP) is 2.96. The van der Waals surface area contributed by atoms with E-state index in [1.54, 1.807) is 13.8 Å². The summed E-state index contributed by atoms with van der Waals surface area (Å²) < 4.78 is 49.0. The molecule has 0 aliphatic heterocycles. The minimum atomic E-state index is -3.90. The molecular formula is C16H16F2N2O3S2. The van der Waals surface area contributed by atoms with Crippen LogP contribution in [0.5, 0.6) is 0 Å².